The number of esters is 1. The van der Waals surface area contributed by atoms with Crippen LogP contribution < -0.4 is 14.4 Å². The Morgan fingerprint density at radius 2 is 1.93 bits per heavy atom. The molecule has 0 bridgehead atoms. The number of halogens is 1. The van der Waals surface area contributed by atoms with Gasteiger partial charge in [0.1, 0.15) is 5.75 Å². The van der Waals surface area contributed by atoms with Crippen molar-refractivity contribution in [1.82, 2.24) is 0 Å². The highest BCUT2D eigenvalue weighted by molar-refractivity contribution is 5.99. The monoisotopic (exact) mass is 373 g/mol. The zero-order valence-electron chi connectivity index (χ0n) is 15.1. The SMILES string of the molecule is CC[C@@H](Oc1ccccc1F)C(=O)N1C[C@@H](C(=O)OC)Oc2ccccc21. The predicted molar refractivity (Wildman–Crippen MR) is 96.3 cm³/mol. The van der Waals surface area contributed by atoms with E-state index in [0.29, 0.717) is 17.9 Å². The summed E-state index contributed by atoms with van der Waals surface area (Å²) in [5, 5.41) is 0. The number of amides is 1. The highest BCUT2D eigenvalue weighted by Gasteiger charge is 2.37. The van der Waals surface area contributed by atoms with Gasteiger partial charge in [-0.3, -0.25) is 4.79 Å². The number of carbonyl (C=O) groups is 2. The second kappa shape index (κ2) is 8.07. The van der Waals surface area contributed by atoms with Crippen LogP contribution in [0, 0.1) is 5.82 Å². The highest BCUT2D eigenvalue weighted by Crippen LogP contribution is 2.34. The summed E-state index contributed by atoms with van der Waals surface area (Å²) in [6.45, 7) is 1.76. The van der Waals surface area contributed by atoms with E-state index in [9.17, 15) is 14.0 Å². The van der Waals surface area contributed by atoms with Crippen LogP contribution in [0.15, 0.2) is 48.5 Å². The summed E-state index contributed by atoms with van der Waals surface area (Å²) < 4.78 is 29.9. The Bertz CT molecular complexity index is 841. The number of anilines is 1. The third-order valence-corrected chi connectivity index (χ3v) is 4.26. The molecule has 7 heteroatoms. The Morgan fingerprint density at radius 3 is 2.63 bits per heavy atom. The third kappa shape index (κ3) is 3.86. The molecule has 142 valence electrons. The predicted octanol–water partition coefficient (Wildman–Crippen LogP) is 2.95. The maximum atomic E-state index is 13.9. The van der Waals surface area contributed by atoms with Gasteiger partial charge in [-0.25, -0.2) is 9.18 Å². The molecular weight excluding hydrogens is 353 g/mol. The van der Waals surface area contributed by atoms with Gasteiger partial charge in [0.05, 0.1) is 19.3 Å². The smallest absolute Gasteiger partial charge is 0.348 e. The first-order valence-electron chi connectivity index (χ1n) is 8.61. The van der Waals surface area contributed by atoms with Crippen LogP contribution >= 0.6 is 0 Å². The number of methoxy groups -OCH3 is 1. The molecule has 0 saturated heterocycles. The van der Waals surface area contributed by atoms with Crippen molar-refractivity contribution in [3.8, 4) is 11.5 Å². The van der Waals surface area contributed by atoms with Gasteiger partial charge < -0.3 is 19.1 Å². The molecule has 2 aromatic carbocycles. The fraction of sp³-hybridized carbons (Fsp3) is 0.300. The van der Waals surface area contributed by atoms with E-state index in [1.165, 1.54) is 24.1 Å². The summed E-state index contributed by atoms with van der Waals surface area (Å²) in [5.41, 5.74) is 0.526. The minimum Gasteiger partial charge on any atom is -0.478 e. The Labute approximate surface area is 156 Å². The van der Waals surface area contributed by atoms with Gasteiger partial charge in [-0.2, -0.15) is 0 Å². The van der Waals surface area contributed by atoms with Crippen LogP contribution in [0.5, 0.6) is 11.5 Å². The van der Waals surface area contributed by atoms with Gasteiger partial charge >= 0.3 is 5.97 Å². The Kier molecular flexibility index (Phi) is 5.59. The van der Waals surface area contributed by atoms with Gasteiger partial charge in [0.2, 0.25) is 6.10 Å². The average molecular weight is 373 g/mol. The number of hydrogen-bond donors (Lipinski definition) is 0. The van der Waals surface area contributed by atoms with E-state index in [4.69, 9.17) is 14.2 Å². The van der Waals surface area contributed by atoms with E-state index in [1.54, 1.807) is 43.3 Å². The fourth-order valence-corrected chi connectivity index (χ4v) is 2.87. The van der Waals surface area contributed by atoms with Crippen molar-refractivity contribution in [3.05, 3.63) is 54.3 Å². The minimum absolute atomic E-state index is 0.00348. The van der Waals surface area contributed by atoms with Crippen molar-refractivity contribution in [2.45, 2.75) is 25.6 Å². The number of benzene rings is 2. The lowest BCUT2D eigenvalue weighted by molar-refractivity contribution is -0.148. The molecule has 0 fully saturated rings. The number of ether oxygens (including phenoxy) is 3. The third-order valence-electron chi connectivity index (χ3n) is 4.26. The summed E-state index contributed by atoms with van der Waals surface area (Å²) in [6, 6.07) is 12.8. The zero-order chi connectivity index (χ0) is 19.4. The van der Waals surface area contributed by atoms with Crippen molar-refractivity contribution < 1.29 is 28.2 Å². The maximum absolute atomic E-state index is 13.9. The average Bonchev–Trinajstić information content (AvgIpc) is 2.71. The zero-order valence-corrected chi connectivity index (χ0v) is 15.1. The quantitative estimate of drug-likeness (QED) is 0.754. The highest BCUT2D eigenvalue weighted by atomic mass is 19.1. The molecule has 0 saturated carbocycles. The van der Waals surface area contributed by atoms with E-state index in [-0.39, 0.29) is 18.2 Å². The first-order valence-corrected chi connectivity index (χ1v) is 8.61. The lowest BCUT2D eigenvalue weighted by Gasteiger charge is -2.35. The second-order valence-corrected chi connectivity index (χ2v) is 5.99. The van der Waals surface area contributed by atoms with Crippen LogP contribution in [0.4, 0.5) is 10.1 Å². The molecule has 0 N–H and O–H groups in total. The van der Waals surface area contributed by atoms with Crippen LogP contribution in [0.1, 0.15) is 13.3 Å². The first-order chi connectivity index (χ1) is 13.0. The van der Waals surface area contributed by atoms with Gasteiger partial charge in [-0.15, -0.1) is 0 Å². The van der Waals surface area contributed by atoms with Gasteiger partial charge in [0, 0.05) is 0 Å². The summed E-state index contributed by atoms with van der Waals surface area (Å²) in [6.07, 6.45) is -1.53. The van der Waals surface area contributed by atoms with Gasteiger partial charge in [-0.05, 0) is 30.7 Å². The number of para-hydroxylation sites is 3. The van der Waals surface area contributed by atoms with Crippen molar-refractivity contribution >= 4 is 17.6 Å². The lowest BCUT2D eigenvalue weighted by atomic mass is 10.1. The van der Waals surface area contributed by atoms with Crippen LogP contribution in [0.3, 0.4) is 0 Å². The maximum Gasteiger partial charge on any atom is 0.348 e. The number of rotatable bonds is 5. The largest absolute Gasteiger partial charge is 0.478 e. The molecular formula is C20H20FNO5. The Hall–Kier alpha value is -3.09. The summed E-state index contributed by atoms with van der Waals surface area (Å²) in [7, 11) is 1.26. The van der Waals surface area contributed by atoms with Crippen molar-refractivity contribution in [2.75, 3.05) is 18.6 Å². The van der Waals surface area contributed by atoms with Gasteiger partial charge in [0.15, 0.2) is 17.7 Å². The lowest BCUT2D eigenvalue weighted by Crippen LogP contribution is -2.51. The number of fused-ring (bicyclic) bond motifs is 1. The molecule has 1 aliphatic rings. The second-order valence-electron chi connectivity index (χ2n) is 5.99. The molecule has 0 spiro atoms. The molecule has 0 aromatic heterocycles. The van der Waals surface area contributed by atoms with Gasteiger partial charge in [0.25, 0.3) is 5.91 Å². The van der Waals surface area contributed by atoms with Crippen molar-refractivity contribution in [1.29, 1.82) is 0 Å². The normalized spacial score (nSPS) is 16.7. The van der Waals surface area contributed by atoms with E-state index in [2.05, 4.69) is 0 Å². The topological polar surface area (TPSA) is 65.1 Å². The molecule has 0 aliphatic carbocycles. The van der Waals surface area contributed by atoms with Crippen LogP contribution in [0.25, 0.3) is 0 Å². The molecule has 1 heterocycles. The number of carbonyl (C=O) groups excluding carboxylic acids is 2. The molecule has 0 unspecified atom stereocenters. The van der Waals surface area contributed by atoms with Crippen LogP contribution in [0.2, 0.25) is 0 Å². The summed E-state index contributed by atoms with van der Waals surface area (Å²) >= 11 is 0. The van der Waals surface area contributed by atoms with Crippen LogP contribution in [-0.4, -0.2) is 37.7 Å². The van der Waals surface area contributed by atoms with Crippen LogP contribution in [-0.2, 0) is 14.3 Å². The summed E-state index contributed by atoms with van der Waals surface area (Å²) in [4.78, 5) is 26.5. The molecule has 1 aliphatic heterocycles. The standard InChI is InChI=1S/C20H20FNO5/c1-3-15(26-16-10-6-4-8-13(16)21)19(23)22-12-18(20(24)25-2)27-17-11-7-5-9-14(17)22/h4-11,15,18H,3,12H2,1-2H3/t15-,18+/m1/s1. The number of hydrogen-bond acceptors (Lipinski definition) is 5. The number of nitrogens with zero attached hydrogens (tertiary/aromatic N) is 1. The molecule has 2 atom stereocenters. The van der Waals surface area contributed by atoms with E-state index in [0.717, 1.165) is 0 Å². The first kappa shape index (κ1) is 18.7. The Balaban J connectivity index is 1.89. The van der Waals surface area contributed by atoms with Gasteiger partial charge in [-0.1, -0.05) is 31.2 Å². The minimum atomic E-state index is -0.945. The molecule has 3 rings (SSSR count). The Morgan fingerprint density at radius 1 is 1.22 bits per heavy atom. The molecule has 6 nitrogen and oxygen atoms in total. The fourth-order valence-electron chi connectivity index (χ4n) is 2.87. The van der Waals surface area contributed by atoms with Crippen molar-refractivity contribution in [3.63, 3.8) is 0 Å². The summed E-state index contributed by atoms with van der Waals surface area (Å²) in [5.74, 6) is -1.11. The molecule has 27 heavy (non-hydrogen) atoms. The van der Waals surface area contributed by atoms with E-state index in [1.807, 2.05) is 0 Å². The van der Waals surface area contributed by atoms with Crippen molar-refractivity contribution in [2.24, 2.45) is 0 Å². The van der Waals surface area contributed by atoms with E-state index < -0.39 is 24.0 Å². The van der Waals surface area contributed by atoms with E-state index >= 15 is 0 Å². The molecule has 2 aromatic rings. The molecule has 0 radical (unpaired) electrons. The molecule has 1 amide bonds.